The van der Waals surface area contributed by atoms with Crippen LogP contribution in [0.1, 0.15) is 5.56 Å². The van der Waals surface area contributed by atoms with E-state index in [0.717, 1.165) is 26.6 Å². The number of fused-ring (bicyclic) bond motifs is 1. The first-order valence-corrected chi connectivity index (χ1v) is 6.98. The molecule has 0 unspecified atom stereocenters. The van der Waals surface area contributed by atoms with Gasteiger partial charge in [-0.2, -0.15) is 5.10 Å². The lowest BCUT2D eigenvalue weighted by atomic mass is 10.2. The van der Waals surface area contributed by atoms with E-state index in [0.29, 0.717) is 0 Å². The molecule has 4 heteroatoms. The van der Waals surface area contributed by atoms with Gasteiger partial charge in [0.15, 0.2) is 0 Å². The van der Waals surface area contributed by atoms with Crippen LogP contribution in [0.25, 0.3) is 10.9 Å². The summed E-state index contributed by atoms with van der Waals surface area (Å²) in [6.07, 6.45) is 1.75. The zero-order valence-corrected chi connectivity index (χ0v) is 11.1. The van der Waals surface area contributed by atoms with Gasteiger partial charge in [0.2, 0.25) is 0 Å². The van der Waals surface area contributed by atoms with Gasteiger partial charge in [0, 0.05) is 16.0 Å². The fraction of sp³-hybridized carbons (Fsp3) is 0.0714. The zero-order chi connectivity index (χ0) is 12.4. The lowest BCUT2D eigenvalue weighted by Crippen LogP contribution is -1.80. The normalized spacial score (nSPS) is 10.9. The number of hydrogen-bond donors (Lipinski definition) is 1. The maximum atomic E-state index is 6.21. The molecule has 0 aliphatic rings. The molecule has 0 bridgehead atoms. The van der Waals surface area contributed by atoms with Crippen LogP contribution in [0.15, 0.2) is 53.6 Å². The van der Waals surface area contributed by atoms with Gasteiger partial charge in [-0.3, -0.25) is 5.10 Å². The minimum atomic E-state index is 0.747. The molecule has 2 aromatic carbocycles. The molecule has 0 radical (unpaired) electrons. The largest absolute Gasteiger partial charge is 0.278 e. The minimum absolute atomic E-state index is 0.747. The average Bonchev–Trinajstić information content (AvgIpc) is 2.86. The monoisotopic (exact) mass is 274 g/mol. The summed E-state index contributed by atoms with van der Waals surface area (Å²) in [7, 11) is 0. The van der Waals surface area contributed by atoms with Crippen molar-refractivity contribution in [3.8, 4) is 0 Å². The van der Waals surface area contributed by atoms with E-state index in [9.17, 15) is 0 Å². The van der Waals surface area contributed by atoms with Gasteiger partial charge in [-0.1, -0.05) is 41.9 Å². The van der Waals surface area contributed by atoms with Crippen LogP contribution < -0.4 is 0 Å². The summed E-state index contributed by atoms with van der Waals surface area (Å²) in [6.45, 7) is 0. The molecule has 0 aliphatic heterocycles. The van der Waals surface area contributed by atoms with Crippen molar-refractivity contribution in [2.24, 2.45) is 0 Å². The number of H-pyrrole nitrogens is 1. The highest BCUT2D eigenvalue weighted by atomic mass is 35.5. The van der Waals surface area contributed by atoms with Gasteiger partial charge in [-0.15, -0.1) is 11.8 Å². The van der Waals surface area contributed by atoms with Crippen LogP contribution in [0.4, 0.5) is 0 Å². The van der Waals surface area contributed by atoms with E-state index in [1.54, 1.807) is 18.0 Å². The lowest BCUT2D eigenvalue weighted by molar-refractivity contribution is 1.12. The molecule has 90 valence electrons. The Morgan fingerprint density at radius 3 is 2.83 bits per heavy atom. The quantitative estimate of drug-likeness (QED) is 0.712. The van der Waals surface area contributed by atoms with Crippen LogP contribution in [0.2, 0.25) is 5.02 Å². The first-order chi connectivity index (χ1) is 8.83. The van der Waals surface area contributed by atoms with Crippen molar-refractivity contribution in [1.29, 1.82) is 0 Å². The molecule has 2 nitrogen and oxygen atoms in total. The minimum Gasteiger partial charge on any atom is -0.278 e. The number of aromatic nitrogens is 2. The molecule has 1 aromatic heterocycles. The molecule has 3 aromatic rings. The number of rotatable bonds is 3. The van der Waals surface area contributed by atoms with Gasteiger partial charge < -0.3 is 0 Å². The van der Waals surface area contributed by atoms with Crippen LogP contribution >= 0.6 is 23.4 Å². The maximum Gasteiger partial charge on any atom is 0.0676 e. The van der Waals surface area contributed by atoms with Gasteiger partial charge in [0.25, 0.3) is 0 Å². The number of thioether (sulfide) groups is 1. The summed E-state index contributed by atoms with van der Waals surface area (Å²) in [4.78, 5) is 1.15. The molecule has 3 rings (SSSR count). The van der Waals surface area contributed by atoms with Crippen LogP contribution in [0.3, 0.4) is 0 Å². The summed E-state index contributed by atoms with van der Waals surface area (Å²) in [5, 5.41) is 8.67. The number of halogens is 1. The fourth-order valence-corrected chi connectivity index (χ4v) is 3.07. The number of nitrogens with one attached hydrogen (secondary N) is 1. The van der Waals surface area contributed by atoms with Gasteiger partial charge in [0.05, 0.1) is 16.7 Å². The van der Waals surface area contributed by atoms with Gasteiger partial charge in [-0.05, 0) is 17.7 Å². The summed E-state index contributed by atoms with van der Waals surface area (Å²) in [6, 6.07) is 14.5. The molecule has 18 heavy (non-hydrogen) atoms. The van der Waals surface area contributed by atoms with Crippen molar-refractivity contribution in [2.75, 3.05) is 0 Å². The molecular weight excluding hydrogens is 264 g/mol. The van der Waals surface area contributed by atoms with Crippen molar-refractivity contribution in [3.05, 3.63) is 59.2 Å². The predicted octanol–water partition coefficient (Wildman–Crippen LogP) is 4.51. The van der Waals surface area contributed by atoms with Gasteiger partial charge >= 0.3 is 0 Å². The Bertz CT molecular complexity index is 664. The maximum absolute atomic E-state index is 6.21. The van der Waals surface area contributed by atoms with E-state index in [4.69, 9.17) is 11.6 Å². The summed E-state index contributed by atoms with van der Waals surface area (Å²) in [5.74, 6) is 0.941. The highest BCUT2D eigenvalue weighted by molar-refractivity contribution is 7.98. The Morgan fingerprint density at radius 2 is 2.00 bits per heavy atom. The first-order valence-electron chi connectivity index (χ1n) is 5.62. The molecule has 0 fully saturated rings. The third-order valence-electron chi connectivity index (χ3n) is 2.73. The average molecular weight is 275 g/mol. The SMILES string of the molecule is Clc1cc(SCc2ccccc2)cc2[nH]ncc12. The van der Waals surface area contributed by atoms with Crippen LogP contribution in [-0.4, -0.2) is 10.2 Å². The number of aromatic amines is 1. The first kappa shape index (κ1) is 11.6. The number of benzene rings is 2. The van der Waals surface area contributed by atoms with Crippen molar-refractivity contribution in [2.45, 2.75) is 10.6 Å². The third-order valence-corrected chi connectivity index (χ3v) is 4.09. The molecule has 0 aliphatic carbocycles. The Kier molecular flexibility index (Phi) is 3.26. The summed E-state index contributed by atoms with van der Waals surface area (Å²) >= 11 is 7.99. The second-order valence-corrected chi connectivity index (χ2v) is 5.47. The van der Waals surface area contributed by atoms with Crippen molar-refractivity contribution < 1.29 is 0 Å². The molecule has 0 saturated carbocycles. The van der Waals surface area contributed by atoms with E-state index < -0.39 is 0 Å². The zero-order valence-electron chi connectivity index (χ0n) is 9.56. The Morgan fingerprint density at radius 1 is 1.17 bits per heavy atom. The summed E-state index contributed by atoms with van der Waals surface area (Å²) < 4.78 is 0. The van der Waals surface area contributed by atoms with Crippen LogP contribution in [0.5, 0.6) is 0 Å². The Hall–Kier alpha value is -1.45. The molecule has 0 saturated heterocycles. The highest BCUT2D eigenvalue weighted by Crippen LogP contribution is 2.30. The lowest BCUT2D eigenvalue weighted by Gasteiger charge is -2.03. The van der Waals surface area contributed by atoms with E-state index in [2.05, 4.69) is 40.5 Å². The molecular formula is C14H11ClN2S. The summed E-state index contributed by atoms with van der Waals surface area (Å²) in [5.41, 5.74) is 2.29. The topological polar surface area (TPSA) is 28.7 Å². The third kappa shape index (κ3) is 2.37. The van der Waals surface area contributed by atoms with Crippen molar-refractivity contribution >= 4 is 34.3 Å². The van der Waals surface area contributed by atoms with Crippen molar-refractivity contribution in [1.82, 2.24) is 10.2 Å². The molecule has 1 N–H and O–H groups in total. The van der Waals surface area contributed by atoms with Crippen LogP contribution in [-0.2, 0) is 5.75 Å². The van der Waals surface area contributed by atoms with E-state index in [1.165, 1.54) is 5.56 Å². The Balaban J connectivity index is 1.82. The predicted molar refractivity (Wildman–Crippen MR) is 77.1 cm³/mol. The second-order valence-electron chi connectivity index (χ2n) is 4.01. The highest BCUT2D eigenvalue weighted by Gasteiger charge is 2.04. The molecule has 0 amide bonds. The van der Waals surface area contributed by atoms with Gasteiger partial charge in [-0.25, -0.2) is 0 Å². The van der Waals surface area contributed by atoms with Gasteiger partial charge in [0.1, 0.15) is 0 Å². The number of hydrogen-bond acceptors (Lipinski definition) is 2. The van der Waals surface area contributed by atoms with Crippen molar-refractivity contribution in [3.63, 3.8) is 0 Å². The molecule has 1 heterocycles. The molecule has 0 spiro atoms. The van der Waals surface area contributed by atoms with E-state index >= 15 is 0 Å². The smallest absolute Gasteiger partial charge is 0.0676 e. The fourth-order valence-electron chi connectivity index (χ4n) is 1.81. The molecule has 0 atom stereocenters. The van der Waals surface area contributed by atoms with E-state index in [1.807, 2.05) is 12.1 Å². The Labute approximate surface area is 114 Å². The van der Waals surface area contributed by atoms with E-state index in [-0.39, 0.29) is 0 Å². The van der Waals surface area contributed by atoms with Crippen LogP contribution in [0, 0.1) is 0 Å². The standard InChI is InChI=1S/C14H11ClN2S/c15-13-6-11(7-14-12(13)8-16-17-14)18-9-10-4-2-1-3-5-10/h1-8H,9H2,(H,16,17). The second kappa shape index (κ2) is 5.04. The number of nitrogens with zero attached hydrogens (tertiary/aromatic N) is 1.